The van der Waals surface area contributed by atoms with E-state index in [0.29, 0.717) is 58.6 Å². The van der Waals surface area contributed by atoms with Crippen molar-refractivity contribution in [2.45, 2.75) is 50.7 Å². The topological polar surface area (TPSA) is 83.9 Å². The molecule has 0 amide bonds. The van der Waals surface area contributed by atoms with Crippen LogP contribution in [0.5, 0.6) is 0 Å². The smallest absolute Gasteiger partial charge is 0.262 e. The van der Waals surface area contributed by atoms with Gasteiger partial charge in [-0.2, -0.15) is 5.10 Å². The highest BCUT2D eigenvalue weighted by molar-refractivity contribution is 6.30. The molecule has 1 aliphatic carbocycles. The average molecular weight is 492 g/mol. The van der Waals surface area contributed by atoms with Gasteiger partial charge in [-0.25, -0.2) is 4.98 Å². The van der Waals surface area contributed by atoms with Crippen LogP contribution in [0.25, 0.3) is 16.7 Å². The first-order chi connectivity index (χ1) is 16.9. The van der Waals surface area contributed by atoms with Crippen LogP contribution in [0.15, 0.2) is 52.3 Å². The minimum Gasteiger partial charge on any atom is -0.373 e. The second-order valence-corrected chi connectivity index (χ2v) is 9.98. The third kappa shape index (κ3) is 3.90. The number of fused-ring (bicyclic) bond motifs is 1. The largest absolute Gasteiger partial charge is 0.373 e. The van der Waals surface area contributed by atoms with Gasteiger partial charge in [0, 0.05) is 36.0 Å². The van der Waals surface area contributed by atoms with Gasteiger partial charge in [0.2, 0.25) is 0 Å². The van der Waals surface area contributed by atoms with Crippen molar-refractivity contribution in [2.75, 3.05) is 6.61 Å². The van der Waals surface area contributed by atoms with Crippen molar-refractivity contribution in [1.82, 2.24) is 23.9 Å². The molecule has 0 unspecified atom stereocenters. The fourth-order valence-electron chi connectivity index (χ4n) is 4.94. The number of pyridine rings is 1. The molecule has 1 aromatic carbocycles. The molecule has 9 heteroatoms. The Hall–Kier alpha value is -3.23. The molecule has 0 radical (unpaired) electrons. The molecule has 4 aromatic rings. The van der Waals surface area contributed by atoms with E-state index < -0.39 is 0 Å². The van der Waals surface area contributed by atoms with Gasteiger partial charge < -0.3 is 4.74 Å². The number of nitrogens with zero attached hydrogens (tertiary/aromatic N) is 5. The fourth-order valence-corrected chi connectivity index (χ4v) is 5.07. The first-order valence-corrected chi connectivity index (χ1v) is 12.3. The molecular formula is C26H26ClN5O3. The summed E-state index contributed by atoms with van der Waals surface area (Å²) in [6.45, 7) is 2.29. The Labute approximate surface area is 206 Å². The summed E-state index contributed by atoms with van der Waals surface area (Å²) >= 11 is 6.10. The average Bonchev–Trinajstić information content (AvgIpc) is 3.60. The lowest BCUT2D eigenvalue weighted by molar-refractivity contribution is 0.00501. The molecule has 4 heterocycles. The molecule has 180 valence electrons. The van der Waals surface area contributed by atoms with E-state index in [1.165, 1.54) is 17.4 Å². The van der Waals surface area contributed by atoms with Gasteiger partial charge in [0.1, 0.15) is 5.82 Å². The lowest BCUT2D eigenvalue weighted by Gasteiger charge is -2.29. The molecule has 0 bridgehead atoms. The van der Waals surface area contributed by atoms with Gasteiger partial charge in [-0.15, -0.1) is 0 Å². The molecule has 2 aliphatic rings. The predicted octanol–water partition coefficient (Wildman–Crippen LogP) is 4.21. The Balaban J connectivity index is 1.48. The summed E-state index contributed by atoms with van der Waals surface area (Å²) in [6.07, 6.45) is 7.49. The molecule has 2 fully saturated rings. The Bertz CT molecular complexity index is 1550. The van der Waals surface area contributed by atoms with Crippen LogP contribution in [0.1, 0.15) is 60.7 Å². The first-order valence-electron chi connectivity index (χ1n) is 12.0. The van der Waals surface area contributed by atoms with Crippen molar-refractivity contribution in [3.63, 3.8) is 0 Å². The molecule has 8 nitrogen and oxygen atoms in total. The SMILES string of the molecule is Cc1nc2c(cc([C@H]3CCO[C@@H](c4cnn(C5CC5)c4)C3)c(=O)n2-c2ccc(Cl)cc2)c(=O)n1C. The van der Waals surface area contributed by atoms with Gasteiger partial charge in [0.05, 0.1) is 29.4 Å². The molecule has 6 rings (SSSR count). The quantitative estimate of drug-likeness (QED) is 0.427. The van der Waals surface area contributed by atoms with E-state index in [4.69, 9.17) is 16.3 Å². The Morgan fingerprint density at radius 2 is 1.86 bits per heavy atom. The molecule has 0 spiro atoms. The summed E-state index contributed by atoms with van der Waals surface area (Å²) in [6, 6.07) is 9.28. The van der Waals surface area contributed by atoms with Crippen LogP contribution >= 0.6 is 11.6 Å². The highest BCUT2D eigenvalue weighted by atomic mass is 35.5. The maximum absolute atomic E-state index is 13.9. The minimum absolute atomic E-state index is 0.0560. The van der Waals surface area contributed by atoms with E-state index in [1.807, 2.05) is 10.9 Å². The minimum atomic E-state index is -0.175. The molecule has 1 saturated carbocycles. The zero-order valence-corrected chi connectivity index (χ0v) is 20.4. The van der Waals surface area contributed by atoms with Crippen LogP contribution in [-0.2, 0) is 11.8 Å². The third-order valence-corrected chi connectivity index (χ3v) is 7.47. The van der Waals surface area contributed by atoms with Gasteiger partial charge in [0.15, 0.2) is 5.65 Å². The van der Waals surface area contributed by atoms with Crippen LogP contribution < -0.4 is 11.1 Å². The van der Waals surface area contributed by atoms with Crippen molar-refractivity contribution in [2.24, 2.45) is 7.05 Å². The summed E-state index contributed by atoms with van der Waals surface area (Å²) < 4.78 is 11.2. The summed E-state index contributed by atoms with van der Waals surface area (Å²) in [5, 5.41) is 5.50. The zero-order valence-electron chi connectivity index (χ0n) is 19.6. The van der Waals surface area contributed by atoms with Crippen molar-refractivity contribution in [3.8, 4) is 5.69 Å². The van der Waals surface area contributed by atoms with E-state index in [2.05, 4.69) is 16.3 Å². The Kier molecular flexibility index (Phi) is 5.38. The Morgan fingerprint density at radius 3 is 2.60 bits per heavy atom. The van der Waals surface area contributed by atoms with Crippen LogP contribution in [0.3, 0.4) is 0 Å². The number of hydrogen-bond acceptors (Lipinski definition) is 5. The number of benzene rings is 1. The van der Waals surface area contributed by atoms with Crippen molar-refractivity contribution in [3.05, 3.63) is 85.4 Å². The van der Waals surface area contributed by atoms with Crippen LogP contribution in [0, 0.1) is 6.92 Å². The van der Waals surface area contributed by atoms with E-state index in [0.717, 1.165) is 5.56 Å². The van der Waals surface area contributed by atoms with Crippen LogP contribution in [0.2, 0.25) is 5.02 Å². The van der Waals surface area contributed by atoms with Crippen molar-refractivity contribution in [1.29, 1.82) is 0 Å². The molecule has 0 N–H and O–H groups in total. The molecule has 1 aliphatic heterocycles. The number of aryl methyl sites for hydroxylation is 1. The van der Waals surface area contributed by atoms with Gasteiger partial charge in [-0.1, -0.05) is 11.6 Å². The summed E-state index contributed by atoms with van der Waals surface area (Å²) in [7, 11) is 1.70. The summed E-state index contributed by atoms with van der Waals surface area (Å²) in [5.41, 5.74) is 2.29. The standard InChI is InChI=1S/C26H26ClN5O3/c1-15-29-24-22(25(33)30(15)2)12-21(26(34)32(24)20-5-3-18(27)4-6-20)16-9-10-35-23(11-16)17-13-28-31(14-17)19-7-8-19/h3-6,12-14,16,19,23H,7-11H2,1-2H3/t16-,23+/m0/s1. The van der Waals surface area contributed by atoms with Crippen molar-refractivity contribution >= 4 is 22.6 Å². The summed E-state index contributed by atoms with van der Waals surface area (Å²) in [4.78, 5) is 31.8. The predicted molar refractivity (Wildman–Crippen MR) is 133 cm³/mol. The number of ether oxygens (including phenoxy) is 1. The Morgan fingerprint density at radius 1 is 1.09 bits per heavy atom. The maximum atomic E-state index is 13.9. The molecule has 3 aromatic heterocycles. The van der Waals surface area contributed by atoms with Gasteiger partial charge in [-0.05, 0) is 68.9 Å². The van der Waals surface area contributed by atoms with E-state index in [9.17, 15) is 9.59 Å². The number of hydrogen-bond donors (Lipinski definition) is 0. The van der Waals surface area contributed by atoms with Gasteiger partial charge in [-0.3, -0.25) is 23.4 Å². The van der Waals surface area contributed by atoms with E-state index >= 15 is 0 Å². The lowest BCUT2D eigenvalue weighted by Crippen LogP contribution is -2.31. The molecule has 1 saturated heterocycles. The van der Waals surface area contributed by atoms with E-state index in [-0.39, 0.29) is 23.1 Å². The van der Waals surface area contributed by atoms with Gasteiger partial charge in [0.25, 0.3) is 11.1 Å². The fraction of sp³-hybridized carbons (Fsp3) is 0.385. The normalized spacial score (nSPS) is 20.4. The second-order valence-electron chi connectivity index (χ2n) is 9.54. The molecule has 2 atom stereocenters. The van der Waals surface area contributed by atoms with Crippen LogP contribution in [-0.4, -0.2) is 30.5 Å². The highest BCUT2D eigenvalue weighted by Crippen LogP contribution is 2.39. The van der Waals surface area contributed by atoms with Crippen LogP contribution in [0.4, 0.5) is 0 Å². The first kappa shape index (κ1) is 22.2. The monoisotopic (exact) mass is 491 g/mol. The van der Waals surface area contributed by atoms with Crippen molar-refractivity contribution < 1.29 is 4.74 Å². The zero-order chi connectivity index (χ0) is 24.3. The summed E-state index contributed by atoms with van der Waals surface area (Å²) in [5.74, 6) is 0.482. The highest BCUT2D eigenvalue weighted by Gasteiger charge is 2.31. The lowest BCUT2D eigenvalue weighted by atomic mass is 9.87. The molecule has 35 heavy (non-hydrogen) atoms. The second kappa shape index (κ2) is 8.46. The third-order valence-electron chi connectivity index (χ3n) is 7.21. The number of halogens is 1. The maximum Gasteiger partial charge on any atom is 0.262 e. The number of rotatable bonds is 4. The van der Waals surface area contributed by atoms with Gasteiger partial charge >= 0.3 is 0 Å². The van der Waals surface area contributed by atoms with E-state index in [1.54, 1.807) is 48.9 Å². The number of aromatic nitrogens is 5. The molecular weight excluding hydrogens is 466 g/mol.